The predicted molar refractivity (Wildman–Crippen MR) is 569 cm³/mol. The molecule has 3 fully saturated rings. The molecule has 3 aliphatic rings. The van der Waals surface area contributed by atoms with Gasteiger partial charge in [0.05, 0.1) is 156 Å². The Morgan fingerprint density at radius 2 is 0.816 bits per heavy atom. The molecule has 11 heterocycles. The number of ether oxygens (including phenoxy) is 2. The molecule has 8 aromatic heterocycles. The minimum absolute atomic E-state index is 0.230. The van der Waals surface area contributed by atoms with Crippen LogP contribution in [0.1, 0.15) is 102 Å². The number of hydrazone groups is 4. The highest BCUT2D eigenvalue weighted by atomic mass is 127. The van der Waals surface area contributed by atoms with Crippen LogP contribution in [0.25, 0.3) is 109 Å². The van der Waals surface area contributed by atoms with Crippen LogP contribution in [0.2, 0.25) is 10.0 Å². The molecule has 12 aromatic rings. The molecule has 136 heavy (non-hydrogen) atoms. The molecule has 0 aliphatic carbocycles. The average Bonchev–Trinajstić information content (AvgIpc) is 1.72. The normalized spacial score (nSPS) is 14.5. The lowest BCUT2D eigenvalue weighted by molar-refractivity contribution is 0.0600. The summed E-state index contributed by atoms with van der Waals surface area (Å²) in [7, 11) is 9.85. The first-order valence-corrected chi connectivity index (χ1v) is 48.2. The fourth-order valence-electron chi connectivity index (χ4n) is 16.2. The molecular weight excluding hydrogens is 1940 g/mol. The van der Waals surface area contributed by atoms with E-state index < -0.39 is 0 Å². The van der Waals surface area contributed by atoms with E-state index in [2.05, 4.69) is 144 Å². The number of pyridine rings is 4. The number of nitrogens with zero attached hydrogens (tertiary/aromatic N) is 26. The van der Waals surface area contributed by atoms with Gasteiger partial charge in [-0.2, -0.15) is 20.4 Å². The summed E-state index contributed by atoms with van der Waals surface area (Å²) in [6.07, 6.45) is 29.9. The van der Waals surface area contributed by atoms with Crippen LogP contribution in [0.3, 0.4) is 0 Å². The van der Waals surface area contributed by atoms with Crippen molar-refractivity contribution in [2.75, 3.05) is 112 Å². The summed E-state index contributed by atoms with van der Waals surface area (Å²) in [4.78, 5) is 55.1. The van der Waals surface area contributed by atoms with Gasteiger partial charge < -0.3 is 79.9 Å². The van der Waals surface area contributed by atoms with Crippen molar-refractivity contribution in [3.8, 4) is 45.6 Å². The maximum atomic E-state index is 7.17. The van der Waals surface area contributed by atoms with Crippen molar-refractivity contribution in [2.24, 2.45) is 83.4 Å². The van der Waals surface area contributed by atoms with Gasteiger partial charge in [0.15, 0.2) is 20.4 Å². The largest absolute Gasteiger partial charge is 0.381 e. The monoisotopic (exact) mass is 2050 g/mol. The van der Waals surface area contributed by atoms with Gasteiger partial charge >= 0.3 is 0 Å². The van der Waals surface area contributed by atoms with Crippen LogP contribution < -0.4 is 22.9 Å². The summed E-state index contributed by atoms with van der Waals surface area (Å²) in [5.74, 6) is 0.773. The number of nitrogens with two attached hydrogens (primary N) is 4. The molecule has 0 amide bonds. The number of aryl methyl sites for hydroxylation is 5. The number of hydrogen-bond donors (Lipinski definition) is 4. The fourth-order valence-corrected chi connectivity index (χ4v) is 17.9. The smallest absolute Gasteiger partial charge is 0.218 e. The quantitative estimate of drug-likeness (QED) is 0.0100. The second kappa shape index (κ2) is 50.1. The van der Waals surface area contributed by atoms with E-state index in [1.807, 2.05) is 101 Å². The summed E-state index contributed by atoms with van der Waals surface area (Å²) in [6, 6.07) is 24.4. The lowest BCUT2D eigenvalue weighted by Gasteiger charge is -2.26. The highest BCUT2D eigenvalue weighted by Crippen LogP contribution is 2.35. The SMILES string of the molecule is [C-]#[N+]CCc1cc2c(/C=N/N(CC3CCCN3C)C(N)=S)cc(-c3cncn3C)nc2cc1Cl.[C-]#[N+]CCc1cc2c(/C=N/N(CC3CCOC3)C(N)=S)cc(-c3cncn3C)nc2cc1I.[C-]#[N+]CCc1cc2c(/C=N/N(CC3CCOCC3)C(N)=S)cc(-c3cncn3C)nc2cc1Cl.[C-]#[N+]CCc1cc2c(/C=N/N(CCCN(CC)CC)C(N)=S)cc(-c3cncn3C)nc2cc1C. The van der Waals surface area contributed by atoms with Crippen LogP contribution in [-0.2, 0) is 63.3 Å². The number of thiocarbonyl (C=S) groups is 4. The highest BCUT2D eigenvalue weighted by Gasteiger charge is 2.27. The van der Waals surface area contributed by atoms with Crippen molar-refractivity contribution < 1.29 is 9.47 Å². The van der Waals surface area contributed by atoms with Crippen molar-refractivity contribution in [1.29, 1.82) is 0 Å². The number of halogens is 3. The summed E-state index contributed by atoms with van der Waals surface area (Å²) in [5.41, 5.74) is 42.7. The topological polar surface area (TPSA) is 332 Å². The molecule has 2 atom stereocenters. The molecule has 3 saturated heterocycles. The Morgan fingerprint density at radius 3 is 1.18 bits per heavy atom. The summed E-state index contributed by atoms with van der Waals surface area (Å²) in [5, 5.41) is 31.3. The molecular formula is C97H111Cl2IN30O2S4. The summed E-state index contributed by atoms with van der Waals surface area (Å²) in [6.45, 7) is 46.2. The van der Waals surface area contributed by atoms with Gasteiger partial charge in [0.2, 0.25) is 26.2 Å². The van der Waals surface area contributed by atoms with E-state index in [1.54, 1.807) is 88.8 Å². The molecule has 0 radical (unpaired) electrons. The highest BCUT2D eigenvalue weighted by molar-refractivity contribution is 14.1. The first-order chi connectivity index (χ1) is 65.7. The lowest BCUT2D eigenvalue weighted by Crippen LogP contribution is -2.41. The summed E-state index contributed by atoms with van der Waals surface area (Å²) < 4.78 is 19.7. The van der Waals surface area contributed by atoms with Crippen LogP contribution in [0.5, 0.6) is 0 Å². The van der Waals surface area contributed by atoms with Gasteiger partial charge in [0.25, 0.3) is 0 Å². The Kier molecular flexibility index (Phi) is 37.9. The van der Waals surface area contributed by atoms with E-state index in [1.165, 1.54) is 0 Å². The number of likely N-dealkylation sites (tertiary alicyclic amines) is 1. The van der Waals surface area contributed by atoms with Gasteiger partial charge in [0.1, 0.15) is 0 Å². The Labute approximate surface area is 838 Å². The minimum Gasteiger partial charge on any atom is -0.381 e. The van der Waals surface area contributed by atoms with Gasteiger partial charge in [-0.3, -0.25) is 0 Å². The standard InChI is InChI=1S/C26H34N8S.C24H27ClN8S.C24H26ClN7OS.C23H24IN7OS/c1-6-33(7-2)11-8-12-34(26(27)35)30-16-21-15-24(25-17-29-18-32(25)5)31-23-13-19(3)20(9-10-28-4)14-22(21)23;1-27-7-6-16-9-19-17(12-29-33(24(26)34)14-18-5-4-8-31(18)2)10-22(23-13-28-15-32(23)3)30-21(19)11-20(16)25;1-27-6-3-17-9-19-18(12-29-32(24(26)34)14-16-4-7-33-8-5-16)10-22(23-13-28-15-31(23)2)30-21(19)11-20(17)25;1-26-5-3-16-7-18-17(10-28-31(23(25)33)12-15-4-6-32-13-15)8-21(22-11-27-14-30(22)2)29-20(18)9-19(16)24/h13-18H,6-12H2,1-3,5H3,(H2,27,35);9-13,15,18H,4-8,14H2,2-3H3,(H2,26,34);9-13,15-16H,3-8,14H2,2H3,(H2,26,34);7-11,14-15H,3-6,12-13H2,2H3,(H2,25,33)/b30-16+;2*29-12+;28-10+. The second-order valence-electron chi connectivity index (χ2n) is 33.3. The molecule has 2 unspecified atom stereocenters. The van der Waals surface area contributed by atoms with Gasteiger partial charge in [0, 0.05) is 163 Å². The van der Waals surface area contributed by atoms with Crippen molar-refractivity contribution in [3.05, 3.63) is 232 Å². The third kappa shape index (κ3) is 27.4. The zero-order valence-corrected chi connectivity index (χ0v) is 84.4. The van der Waals surface area contributed by atoms with Crippen molar-refractivity contribution in [3.63, 3.8) is 0 Å². The van der Waals surface area contributed by atoms with Crippen LogP contribution in [0.15, 0.2) is 143 Å². The Hall–Kier alpha value is -12.1. The molecule has 0 saturated carbocycles. The zero-order chi connectivity index (χ0) is 97.1. The molecule has 0 spiro atoms. The molecule has 3 aliphatic heterocycles. The number of imidazole rings is 4. The summed E-state index contributed by atoms with van der Waals surface area (Å²) >= 11 is 36.5. The van der Waals surface area contributed by atoms with E-state index in [9.17, 15) is 0 Å². The van der Waals surface area contributed by atoms with E-state index in [0.717, 1.165) is 227 Å². The number of rotatable bonds is 32. The van der Waals surface area contributed by atoms with Crippen molar-refractivity contribution in [2.45, 2.75) is 91.0 Å². The zero-order valence-electron chi connectivity index (χ0n) is 77.5. The van der Waals surface area contributed by atoms with Gasteiger partial charge in [-0.15, -0.1) is 0 Å². The van der Waals surface area contributed by atoms with Crippen LogP contribution in [-0.4, -0.2) is 251 Å². The second-order valence-corrected chi connectivity index (χ2v) is 36.9. The number of benzene rings is 4. The van der Waals surface area contributed by atoms with Crippen LogP contribution in [0.4, 0.5) is 0 Å². The third-order valence-corrected chi connectivity index (χ3v) is 26.5. The molecule has 0 bridgehead atoms. The third-order valence-electron chi connectivity index (χ3n) is 24.0. The number of aromatic nitrogens is 12. The van der Waals surface area contributed by atoms with Gasteiger partial charge in [-0.05, 0) is 257 Å². The maximum absolute atomic E-state index is 7.17. The molecule has 39 heteroatoms. The van der Waals surface area contributed by atoms with Crippen molar-refractivity contribution >= 4 is 184 Å². The Bertz CT molecular complexity index is 6580. The number of likely N-dealkylation sites (N-methyl/N-ethyl adjacent to an activating group) is 1. The van der Waals surface area contributed by atoms with Gasteiger partial charge in [-0.25, -0.2) is 86.2 Å². The molecule has 8 N–H and O–H groups in total. The average molecular weight is 2060 g/mol. The first-order valence-electron chi connectivity index (χ1n) is 44.7. The fraction of sp³-hybridized carbons (Fsp3) is 0.381. The predicted octanol–water partition coefficient (Wildman–Crippen LogP) is 15.4. The van der Waals surface area contributed by atoms with Crippen LogP contribution in [0, 0.1) is 48.6 Å². The number of hydrogen-bond acceptors (Lipinski definition) is 20. The Morgan fingerprint density at radius 1 is 0.463 bits per heavy atom. The Balaban J connectivity index is 0.000000163. The maximum Gasteiger partial charge on any atom is 0.218 e. The van der Waals surface area contributed by atoms with Crippen molar-refractivity contribution in [1.82, 2.24) is 88.0 Å². The van der Waals surface area contributed by atoms with Gasteiger partial charge in [-0.1, -0.05) is 37.0 Å². The first kappa shape index (κ1) is 103. The van der Waals surface area contributed by atoms with E-state index in [4.69, 9.17) is 151 Å². The molecule has 4 aromatic carbocycles. The van der Waals surface area contributed by atoms with E-state index in [0.29, 0.717) is 113 Å². The van der Waals surface area contributed by atoms with E-state index >= 15 is 0 Å². The lowest BCUT2D eigenvalue weighted by atomic mass is 9.99. The molecule has 15 rings (SSSR count). The molecule has 706 valence electrons. The van der Waals surface area contributed by atoms with E-state index in [-0.39, 0.29) is 20.4 Å². The number of fused-ring (bicyclic) bond motifs is 4. The minimum atomic E-state index is 0.230. The molecule has 32 nitrogen and oxygen atoms in total. The van der Waals surface area contributed by atoms with Crippen LogP contribution >= 0.6 is 94.7 Å².